The Balaban J connectivity index is 1.43. The SMILES string of the molecule is Cc1c(C(=O)N2CCC(Nc3cccnc3)CC2)oc2ccccc12. The summed E-state index contributed by atoms with van der Waals surface area (Å²) >= 11 is 0. The zero-order chi connectivity index (χ0) is 17.2. The lowest BCUT2D eigenvalue weighted by Crippen LogP contribution is -2.42. The van der Waals surface area contributed by atoms with Crippen molar-refractivity contribution < 1.29 is 9.21 Å². The topological polar surface area (TPSA) is 58.4 Å². The average molecular weight is 335 g/mol. The fourth-order valence-corrected chi connectivity index (χ4v) is 3.43. The molecular weight excluding hydrogens is 314 g/mol. The molecule has 3 aromatic rings. The molecule has 1 amide bonds. The predicted octanol–water partition coefficient (Wildman–Crippen LogP) is 3.85. The first-order valence-corrected chi connectivity index (χ1v) is 8.66. The fraction of sp³-hybridized carbons (Fsp3) is 0.300. The van der Waals surface area contributed by atoms with Crippen molar-refractivity contribution in [3.05, 3.63) is 60.1 Å². The van der Waals surface area contributed by atoms with E-state index in [-0.39, 0.29) is 5.91 Å². The molecule has 0 unspecified atom stereocenters. The summed E-state index contributed by atoms with van der Waals surface area (Å²) < 4.78 is 5.82. The highest BCUT2D eigenvalue weighted by molar-refractivity contribution is 5.98. The quantitative estimate of drug-likeness (QED) is 0.790. The van der Waals surface area contributed by atoms with Gasteiger partial charge in [-0.15, -0.1) is 0 Å². The summed E-state index contributed by atoms with van der Waals surface area (Å²) in [6.07, 6.45) is 5.43. The standard InChI is InChI=1S/C20H21N3O2/c1-14-17-6-2-3-7-18(17)25-19(14)20(24)23-11-8-15(9-12-23)22-16-5-4-10-21-13-16/h2-7,10,13,15,22H,8-9,11-12H2,1H3. The molecule has 5 nitrogen and oxygen atoms in total. The van der Waals surface area contributed by atoms with Crippen molar-refractivity contribution >= 4 is 22.6 Å². The van der Waals surface area contributed by atoms with Crippen molar-refractivity contribution in [2.45, 2.75) is 25.8 Å². The molecular formula is C20H21N3O2. The number of carbonyl (C=O) groups excluding carboxylic acids is 1. The summed E-state index contributed by atoms with van der Waals surface area (Å²) in [5, 5.41) is 4.50. The molecule has 0 bridgehead atoms. The molecule has 3 heterocycles. The van der Waals surface area contributed by atoms with Crippen LogP contribution in [0.25, 0.3) is 11.0 Å². The lowest BCUT2D eigenvalue weighted by Gasteiger charge is -2.32. The van der Waals surface area contributed by atoms with Gasteiger partial charge in [0.05, 0.1) is 5.69 Å². The van der Waals surface area contributed by atoms with E-state index in [9.17, 15) is 4.79 Å². The maximum absolute atomic E-state index is 12.9. The molecule has 0 saturated carbocycles. The summed E-state index contributed by atoms with van der Waals surface area (Å²) in [6.45, 7) is 3.41. The van der Waals surface area contributed by atoms with Gasteiger partial charge in [-0.3, -0.25) is 9.78 Å². The summed E-state index contributed by atoms with van der Waals surface area (Å²) in [6, 6.07) is 12.1. The number of aromatic nitrogens is 1. The highest BCUT2D eigenvalue weighted by Gasteiger charge is 2.27. The van der Waals surface area contributed by atoms with Crippen LogP contribution in [0.1, 0.15) is 29.0 Å². The number of fused-ring (bicyclic) bond motifs is 1. The summed E-state index contributed by atoms with van der Waals surface area (Å²) in [4.78, 5) is 18.9. The van der Waals surface area contributed by atoms with E-state index in [2.05, 4.69) is 10.3 Å². The molecule has 0 atom stereocenters. The summed E-state index contributed by atoms with van der Waals surface area (Å²) in [7, 11) is 0. The van der Waals surface area contributed by atoms with Crippen LogP contribution in [0, 0.1) is 6.92 Å². The number of amides is 1. The highest BCUT2D eigenvalue weighted by atomic mass is 16.3. The molecule has 128 valence electrons. The van der Waals surface area contributed by atoms with Crippen LogP contribution in [-0.4, -0.2) is 34.9 Å². The van der Waals surface area contributed by atoms with Gasteiger partial charge >= 0.3 is 0 Å². The van der Waals surface area contributed by atoms with E-state index >= 15 is 0 Å². The molecule has 25 heavy (non-hydrogen) atoms. The molecule has 1 N–H and O–H groups in total. The maximum atomic E-state index is 12.9. The zero-order valence-corrected chi connectivity index (χ0v) is 14.2. The number of carbonyl (C=O) groups is 1. The summed E-state index contributed by atoms with van der Waals surface area (Å²) in [5.41, 5.74) is 2.73. The Morgan fingerprint density at radius 1 is 1.20 bits per heavy atom. The largest absolute Gasteiger partial charge is 0.451 e. The number of nitrogens with zero attached hydrogens (tertiary/aromatic N) is 2. The fourth-order valence-electron chi connectivity index (χ4n) is 3.43. The third kappa shape index (κ3) is 3.09. The number of hydrogen-bond acceptors (Lipinski definition) is 4. The monoisotopic (exact) mass is 335 g/mol. The highest BCUT2D eigenvalue weighted by Crippen LogP contribution is 2.27. The lowest BCUT2D eigenvalue weighted by atomic mass is 10.0. The molecule has 1 aromatic carbocycles. The number of anilines is 1. The van der Waals surface area contributed by atoms with Gasteiger partial charge in [0.2, 0.25) is 0 Å². The first kappa shape index (κ1) is 15.7. The molecule has 1 aliphatic rings. The Bertz CT molecular complexity index is 880. The third-order valence-corrected chi connectivity index (χ3v) is 4.85. The molecule has 1 aliphatic heterocycles. The minimum Gasteiger partial charge on any atom is -0.451 e. The van der Waals surface area contributed by atoms with Gasteiger partial charge in [0.15, 0.2) is 5.76 Å². The molecule has 1 fully saturated rings. The molecule has 5 heteroatoms. The van der Waals surface area contributed by atoms with Crippen LogP contribution < -0.4 is 5.32 Å². The van der Waals surface area contributed by atoms with E-state index in [0.29, 0.717) is 11.8 Å². The number of piperidine rings is 1. The first-order valence-electron chi connectivity index (χ1n) is 8.66. The van der Waals surface area contributed by atoms with Crippen molar-refractivity contribution in [2.75, 3.05) is 18.4 Å². The molecule has 1 saturated heterocycles. The third-order valence-electron chi connectivity index (χ3n) is 4.85. The minimum atomic E-state index is -0.00599. The van der Waals surface area contributed by atoms with Gasteiger partial charge in [-0.1, -0.05) is 18.2 Å². The van der Waals surface area contributed by atoms with Gasteiger partial charge in [0, 0.05) is 42.5 Å². The summed E-state index contributed by atoms with van der Waals surface area (Å²) in [5.74, 6) is 0.466. The predicted molar refractivity (Wildman–Crippen MR) is 97.7 cm³/mol. The Kier molecular flexibility index (Phi) is 4.14. The maximum Gasteiger partial charge on any atom is 0.289 e. The van der Waals surface area contributed by atoms with E-state index in [4.69, 9.17) is 4.42 Å². The number of nitrogens with one attached hydrogen (secondary N) is 1. The van der Waals surface area contributed by atoms with Crippen molar-refractivity contribution in [1.82, 2.24) is 9.88 Å². The number of pyridine rings is 1. The second-order valence-corrected chi connectivity index (χ2v) is 6.50. The van der Waals surface area contributed by atoms with Gasteiger partial charge in [0.25, 0.3) is 5.91 Å². The molecule has 2 aromatic heterocycles. The molecule has 4 rings (SSSR count). The zero-order valence-electron chi connectivity index (χ0n) is 14.2. The van der Waals surface area contributed by atoms with Gasteiger partial charge in [-0.05, 0) is 38.0 Å². The van der Waals surface area contributed by atoms with E-state index in [1.165, 1.54) is 0 Å². The van der Waals surface area contributed by atoms with E-state index < -0.39 is 0 Å². The normalized spacial score (nSPS) is 15.5. The smallest absolute Gasteiger partial charge is 0.289 e. The van der Waals surface area contributed by atoms with Crippen molar-refractivity contribution in [3.63, 3.8) is 0 Å². The van der Waals surface area contributed by atoms with Gasteiger partial charge < -0.3 is 14.6 Å². The number of aryl methyl sites for hydroxylation is 1. The number of rotatable bonds is 3. The van der Waals surface area contributed by atoms with Gasteiger partial charge in [-0.25, -0.2) is 0 Å². The second-order valence-electron chi connectivity index (χ2n) is 6.50. The van der Waals surface area contributed by atoms with Crippen molar-refractivity contribution in [2.24, 2.45) is 0 Å². The van der Waals surface area contributed by atoms with Crippen LogP contribution in [0.4, 0.5) is 5.69 Å². The van der Waals surface area contributed by atoms with Crippen molar-refractivity contribution in [1.29, 1.82) is 0 Å². The Morgan fingerprint density at radius 3 is 2.72 bits per heavy atom. The van der Waals surface area contributed by atoms with Crippen molar-refractivity contribution in [3.8, 4) is 0 Å². The number of likely N-dealkylation sites (tertiary alicyclic amines) is 1. The van der Waals surface area contributed by atoms with Crippen LogP contribution in [0.2, 0.25) is 0 Å². The Hall–Kier alpha value is -2.82. The molecule has 0 aliphatic carbocycles. The number of benzene rings is 1. The minimum absolute atomic E-state index is 0.00599. The van der Waals surface area contributed by atoms with Gasteiger partial charge in [-0.2, -0.15) is 0 Å². The van der Waals surface area contributed by atoms with Crippen LogP contribution in [0.15, 0.2) is 53.2 Å². The Labute approximate surface area is 146 Å². The van der Waals surface area contributed by atoms with E-state index in [0.717, 1.165) is 48.2 Å². The second kappa shape index (κ2) is 6.59. The molecule has 0 radical (unpaired) electrons. The van der Waals surface area contributed by atoms with E-state index in [1.54, 1.807) is 6.20 Å². The lowest BCUT2D eigenvalue weighted by molar-refractivity contribution is 0.0687. The van der Waals surface area contributed by atoms with E-state index in [1.807, 2.05) is 54.4 Å². The van der Waals surface area contributed by atoms with Gasteiger partial charge in [0.1, 0.15) is 5.58 Å². The van der Waals surface area contributed by atoms with Crippen LogP contribution in [0.3, 0.4) is 0 Å². The number of furan rings is 1. The Morgan fingerprint density at radius 2 is 2.00 bits per heavy atom. The first-order chi connectivity index (χ1) is 12.2. The van der Waals surface area contributed by atoms with Crippen LogP contribution >= 0.6 is 0 Å². The number of para-hydroxylation sites is 1. The van der Waals surface area contributed by atoms with Crippen LogP contribution in [-0.2, 0) is 0 Å². The number of hydrogen-bond donors (Lipinski definition) is 1. The molecule has 0 spiro atoms. The van der Waals surface area contributed by atoms with Crippen LogP contribution in [0.5, 0.6) is 0 Å². The average Bonchev–Trinajstić information content (AvgIpc) is 3.00.